The summed E-state index contributed by atoms with van der Waals surface area (Å²) >= 11 is 0. The van der Waals surface area contributed by atoms with Crippen molar-refractivity contribution in [1.29, 1.82) is 0 Å². The molecule has 1 aliphatic heterocycles. The summed E-state index contributed by atoms with van der Waals surface area (Å²) in [5.41, 5.74) is -0.201. The summed E-state index contributed by atoms with van der Waals surface area (Å²) in [7, 11) is 0. The lowest BCUT2D eigenvalue weighted by molar-refractivity contribution is -0.393. The number of benzene rings is 1. The topological polar surface area (TPSA) is 113 Å². The fraction of sp³-hybridized carbons (Fsp3) is 0.500. The van der Waals surface area contributed by atoms with Gasteiger partial charge in [-0.15, -0.1) is 12.3 Å². The van der Waals surface area contributed by atoms with Crippen LogP contribution in [-0.2, 0) is 6.61 Å². The molecule has 1 aromatic rings. The van der Waals surface area contributed by atoms with Crippen LogP contribution in [0.5, 0.6) is 0 Å². The van der Waals surface area contributed by atoms with Gasteiger partial charge in [0, 0.05) is 50.8 Å². The first kappa shape index (κ1) is 18.6. The van der Waals surface area contributed by atoms with E-state index in [0.717, 1.165) is 6.54 Å². The first-order valence-corrected chi connectivity index (χ1v) is 7.87. The van der Waals surface area contributed by atoms with Gasteiger partial charge in [0.1, 0.15) is 0 Å². The Bertz CT molecular complexity index is 720. The van der Waals surface area contributed by atoms with Crippen LogP contribution in [0.2, 0.25) is 0 Å². The highest BCUT2D eigenvalue weighted by Crippen LogP contribution is 2.42. The van der Waals surface area contributed by atoms with Gasteiger partial charge in [-0.05, 0) is 12.5 Å². The number of nitro benzene ring substituents is 2. The molecule has 134 valence electrons. The van der Waals surface area contributed by atoms with E-state index in [1.165, 1.54) is 13.0 Å². The molecule has 0 atom stereocenters. The highest BCUT2D eigenvalue weighted by Gasteiger charge is 2.35. The maximum atomic E-state index is 11.6. The third-order valence-electron chi connectivity index (χ3n) is 4.43. The smallest absolute Gasteiger partial charge is 0.302 e. The molecule has 1 heterocycles. The zero-order valence-corrected chi connectivity index (χ0v) is 14.0. The Kier molecular flexibility index (Phi) is 5.90. The number of hydrogen-bond acceptors (Lipinski definition) is 7. The number of hydrogen-bond donors (Lipinski definition) is 1. The van der Waals surface area contributed by atoms with E-state index < -0.39 is 16.5 Å². The third-order valence-corrected chi connectivity index (χ3v) is 4.43. The van der Waals surface area contributed by atoms with Gasteiger partial charge < -0.3 is 10.0 Å². The second-order valence-corrected chi connectivity index (χ2v) is 5.83. The van der Waals surface area contributed by atoms with Crippen LogP contribution < -0.4 is 4.90 Å². The van der Waals surface area contributed by atoms with Crippen LogP contribution in [0.1, 0.15) is 17.5 Å². The molecule has 1 fully saturated rings. The van der Waals surface area contributed by atoms with Crippen molar-refractivity contribution in [3.63, 3.8) is 0 Å². The van der Waals surface area contributed by atoms with Crippen molar-refractivity contribution in [2.24, 2.45) is 0 Å². The quantitative estimate of drug-likeness (QED) is 0.470. The van der Waals surface area contributed by atoms with Gasteiger partial charge in [-0.3, -0.25) is 25.1 Å². The summed E-state index contributed by atoms with van der Waals surface area (Å²) in [5, 5.41) is 32.4. The fourth-order valence-electron chi connectivity index (χ4n) is 3.05. The van der Waals surface area contributed by atoms with Crippen LogP contribution in [-0.4, -0.2) is 52.6 Å². The maximum Gasteiger partial charge on any atom is 0.302 e. The zero-order valence-electron chi connectivity index (χ0n) is 14.0. The molecule has 1 saturated heterocycles. The molecule has 0 spiro atoms. The van der Waals surface area contributed by atoms with Gasteiger partial charge in [0.2, 0.25) is 0 Å². The van der Waals surface area contributed by atoms with E-state index in [9.17, 15) is 25.3 Å². The minimum absolute atomic E-state index is 0.0151. The van der Waals surface area contributed by atoms with E-state index >= 15 is 0 Å². The van der Waals surface area contributed by atoms with Crippen LogP contribution in [0.25, 0.3) is 0 Å². The van der Waals surface area contributed by atoms with Crippen LogP contribution in [0.3, 0.4) is 0 Å². The van der Waals surface area contributed by atoms with Crippen LogP contribution in [0.15, 0.2) is 6.07 Å². The zero-order chi connectivity index (χ0) is 18.6. The number of anilines is 1. The maximum absolute atomic E-state index is 11.6. The minimum atomic E-state index is -0.633. The molecule has 0 aliphatic carbocycles. The molecule has 0 radical (unpaired) electrons. The van der Waals surface area contributed by atoms with Crippen molar-refractivity contribution in [3.05, 3.63) is 37.4 Å². The predicted molar refractivity (Wildman–Crippen MR) is 92.5 cm³/mol. The number of rotatable bonds is 6. The number of aliphatic hydroxyl groups excluding tert-OH is 1. The van der Waals surface area contributed by atoms with Crippen molar-refractivity contribution in [1.82, 2.24) is 4.90 Å². The van der Waals surface area contributed by atoms with E-state index in [0.29, 0.717) is 32.6 Å². The lowest BCUT2D eigenvalue weighted by atomic mass is 10.0. The van der Waals surface area contributed by atoms with Crippen molar-refractivity contribution in [2.45, 2.75) is 20.0 Å². The summed E-state index contributed by atoms with van der Waals surface area (Å²) in [6.07, 6.45) is 5.87. The van der Waals surface area contributed by atoms with E-state index in [1.807, 2.05) is 0 Å². The number of nitrogens with zero attached hydrogens (tertiary/aromatic N) is 4. The molecule has 1 aromatic carbocycles. The van der Waals surface area contributed by atoms with Crippen molar-refractivity contribution >= 4 is 17.1 Å². The second-order valence-electron chi connectivity index (χ2n) is 5.83. The van der Waals surface area contributed by atoms with Crippen LogP contribution >= 0.6 is 0 Å². The Morgan fingerprint density at radius 3 is 2.36 bits per heavy atom. The lowest BCUT2D eigenvalue weighted by Gasteiger charge is -2.35. The highest BCUT2D eigenvalue weighted by atomic mass is 16.6. The molecule has 2 rings (SSSR count). The van der Waals surface area contributed by atoms with Gasteiger partial charge in [0.05, 0.1) is 16.5 Å². The normalized spacial score (nSPS) is 15.0. The second kappa shape index (κ2) is 7.92. The standard InChI is InChI=1S/C16H20N4O5/c1-3-4-5-17-6-8-18(9-7-17)16-14(19(22)23)10-13(11-21)12(2)15(16)20(24)25/h1,10,21H,4-9,11H2,2H3. The van der Waals surface area contributed by atoms with E-state index in [2.05, 4.69) is 10.8 Å². The molecule has 1 aliphatic rings. The average molecular weight is 348 g/mol. The van der Waals surface area contributed by atoms with Gasteiger partial charge in [-0.1, -0.05) is 0 Å². The van der Waals surface area contributed by atoms with Crippen molar-refractivity contribution < 1.29 is 15.0 Å². The molecule has 9 heteroatoms. The number of terminal acetylenes is 1. The molecular weight excluding hydrogens is 328 g/mol. The number of nitro groups is 2. The van der Waals surface area contributed by atoms with Gasteiger partial charge in [-0.2, -0.15) is 0 Å². The molecule has 0 aromatic heterocycles. The molecule has 0 amide bonds. The van der Waals surface area contributed by atoms with Gasteiger partial charge in [0.25, 0.3) is 5.69 Å². The van der Waals surface area contributed by atoms with E-state index in [-0.39, 0.29) is 28.2 Å². The monoisotopic (exact) mass is 348 g/mol. The molecule has 1 N–H and O–H groups in total. The summed E-state index contributed by atoms with van der Waals surface area (Å²) in [6, 6.07) is 1.22. The Labute approximate surface area is 145 Å². The van der Waals surface area contributed by atoms with Crippen LogP contribution in [0, 0.1) is 39.5 Å². The summed E-state index contributed by atoms with van der Waals surface area (Å²) in [4.78, 5) is 25.6. The SMILES string of the molecule is C#CCCN1CCN(c2c([N+](=O)[O-])cc(CO)c(C)c2[N+](=O)[O-])CC1. The van der Waals surface area contributed by atoms with E-state index in [4.69, 9.17) is 6.42 Å². The fourth-order valence-corrected chi connectivity index (χ4v) is 3.05. The van der Waals surface area contributed by atoms with Gasteiger partial charge in [-0.25, -0.2) is 0 Å². The van der Waals surface area contributed by atoms with Crippen molar-refractivity contribution in [2.75, 3.05) is 37.6 Å². The molecule has 0 bridgehead atoms. The Hall–Kier alpha value is -2.70. The highest BCUT2D eigenvalue weighted by molar-refractivity contribution is 5.79. The largest absolute Gasteiger partial charge is 0.392 e. The average Bonchev–Trinajstić information content (AvgIpc) is 2.59. The van der Waals surface area contributed by atoms with E-state index in [1.54, 1.807) is 4.90 Å². The molecule has 0 saturated carbocycles. The number of aliphatic hydroxyl groups is 1. The summed E-state index contributed by atoms with van der Waals surface area (Å²) in [6.45, 7) is 3.85. The molecule has 0 unspecified atom stereocenters. The molecule has 25 heavy (non-hydrogen) atoms. The van der Waals surface area contributed by atoms with Crippen molar-refractivity contribution in [3.8, 4) is 12.3 Å². The van der Waals surface area contributed by atoms with Crippen LogP contribution in [0.4, 0.5) is 17.1 Å². The molecular formula is C16H20N4O5. The first-order valence-electron chi connectivity index (χ1n) is 7.87. The third kappa shape index (κ3) is 3.87. The Balaban J connectivity index is 2.43. The predicted octanol–water partition coefficient (Wildman–Crippen LogP) is 1.45. The Morgan fingerprint density at radius 1 is 1.24 bits per heavy atom. The minimum Gasteiger partial charge on any atom is -0.392 e. The summed E-state index contributed by atoms with van der Waals surface area (Å²) < 4.78 is 0. The summed E-state index contributed by atoms with van der Waals surface area (Å²) in [5.74, 6) is 2.57. The van der Waals surface area contributed by atoms with Gasteiger partial charge >= 0.3 is 5.69 Å². The lowest BCUT2D eigenvalue weighted by Crippen LogP contribution is -2.47. The number of piperazine rings is 1. The Morgan fingerprint density at radius 2 is 1.88 bits per heavy atom. The first-order chi connectivity index (χ1) is 11.9. The molecule has 9 nitrogen and oxygen atoms in total. The van der Waals surface area contributed by atoms with Gasteiger partial charge in [0.15, 0.2) is 5.69 Å².